The lowest BCUT2D eigenvalue weighted by molar-refractivity contribution is -0.137. The summed E-state index contributed by atoms with van der Waals surface area (Å²) < 4.78 is 49.5. The first-order valence-electron chi connectivity index (χ1n) is 8.22. The number of nitrogens with zero attached hydrogens (tertiary/aromatic N) is 1. The molecule has 0 radical (unpaired) electrons. The second kappa shape index (κ2) is 8.08. The molecule has 1 aliphatic heterocycles. The van der Waals surface area contributed by atoms with Gasteiger partial charge in [-0.3, -0.25) is 9.59 Å². The van der Waals surface area contributed by atoms with Crippen molar-refractivity contribution in [3.8, 4) is 11.5 Å². The largest absolute Gasteiger partial charge is 0.497 e. The first kappa shape index (κ1) is 21.8. The number of nitrogens with one attached hydrogen (secondary N) is 1. The fraction of sp³-hybridized carbons (Fsp3) is 0.158. The summed E-state index contributed by atoms with van der Waals surface area (Å²) >= 11 is 12.0. The summed E-state index contributed by atoms with van der Waals surface area (Å²) in [6.45, 7) is 0. The molecule has 6 nitrogen and oxygen atoms in total. The van der Waals surface area contributed by atoms with Crippen molar-refractivity contribution in [2.24, 2.45) is 0 Å². The van der Waals surface area contributed by atoms with Crippen LogP contribution in [0.15, 0.2) is 47.1 Å². The molecule has 0 saturated heterocycles. The van der Waals surface area contributed by atoms with E-state index >= 15 is 0 Å². The number of halogens is 5. The molecular formula is C19H13Cl2F3N2O4. The summed E-state index contributed by atoms with van der Waals surface area (Å²) in [4.78, 5) is 26.0. The van der Waals surface area contributed by atoms with Gasteiger partial charge in [0.2, 0.25) is 0 Å². The van der Waals surface area contributed by atoms with Gasteiger partial charge in [-0.25, -0.2) is 4.90 Å². The van der Waals surface area contributed by atoms with E-state index < -0.39 is 34.3 Å². The van der Waals surface area contributed by atoms with Crippen LogP contribution >= 0.6 is 23.2 Å². The number of methoxy groups -OCH3 is 2. The van der Waals surface area contributed by atoms with Crippen molar-refractivity contribution in [2.75, 3.05) is 24.4 Å². The van der Waals surface area contributed by atoms with E-state index in [1.165, 1.54) is 20.3 Å². The van der Waals surface area contributed by atoms with Gasteiger partial charge in [-0.15, -0.1) is 0 Å². The number of carbonyl (C=O) groups is 2. The maximum Gasteiger partial charge on any atom is 0.416 e. The quantitative estimate of drug-likeness (QED) is 0.648. The molecule has 158 valence electrons. The number of carbonyl (C=O) groups excluding carboxylic acids is 2. The number of hydrogen-bond acceptors (Lipinski definition) is 5. The van der Waals surface area contributed by atoms with Crippen LogP contribution in [0.2, 0.25) is 5.02 Å². The van der Waals surface area contributed by atoms with E-state index in [4.69, 9.17) is 32.7 Å². The maximum absolute atomic E-state index is 13.1. The molecule has 0 spiro atoms. The number of anilines is 2. The van der Waals surface area contributed by atoms with Gasteiger partial charge in [0.05, 0.1) is 36.2 Å². The van der Waals surface area contributed by atoms with Crippen molar-refractivity contribution in [3.63, 3.8) is 0 Å². The Morgan fingerprint density at radius 2 is 1.67 bits per heavy atom. The van der Waals surface area contributed by atoms with E-state index in [2.05, 4.69) is 5.32 Å². The van der Waals surface area contributed by atoms with Crippen molar-refractivity contribution < 1.29 is 32.2 Å². The standard InChI is InChI=1S/C19H13Cl2F3N2O4/c1-29-10-4-6-14(30-2)12(8-10)25-16-15(21)17(27)26(18(16)28)13-7-9(19(22,23)24)3-5-11(13)20/h3-8,25H,1-2H3. The average Bonchev–Trinajstić information content (AvgIpc) is 2.91. The molecule has 2 aromatic carbocycles. The Morgan fingerprint density at radius 1 is 0.967 bits per heavy atom. The Labute approximate surface area is 178 Å². The van der Waals surface area contributed by atoms with Gasteiger partial charge in [-0.2, -0.15) is 13.2 Å². The fourth-order valence-corrected chi connectivity index (χ4v) is 3.15. The number of amides is 2. The molecule has 0 saturated carbocycles. The highest BCUT2D eigenvalue weighted by atomic mass is 35.5. The molecule has 0 aliphatic carbocycles. The molecule has 0 fully saturated rings. The third-order valence-corrected chi connectivity index (χ3v) is 4.88. The van der Waals surface area contributed by atoms with Crippen LogP contribution in [0.4, 0.5) is 24.5 Å². The number of ether oxygens (including phenoxy) is 2. The summed E-state index contributed by atoms with van der Waals surface area (Å²) in [6.07, 6.45) is -4.70. The van der Waals surface area contributed by atoms with Gasteiger partial charge in [-0.1, -0.05) is 23.2 Å². The molecular weight excluding hydrogens is 448 g/mol. The molecule has 2 aromatic rings. The highest BCUT2D eigenvalue weighted by Gasteiger charge is 2.41. The minimum Gasteiger partial charge on any atom is -0.497 e. The van der Waals surface area contributed by atoms with Crippen molar-refractivity contribution in [2.45, 2.75) is 6.18 Å². The van der Waals surface area contributed by atoms with Gasteiger partial charge in [0.25, 0.3) is 11.8 Å². The normalized spacial score (nSPS) is 14.4. The van der Waals surface area contributed by atoms with Crippen molar-refractivity contribution in [3.05, 3.63) is 57.7 Å². The number of benzene rings is 2. The summed E-state index contributed by atoms with van der Waals surface area (Å²) in [6, 6.07) is 6.95. The number of alkyl halides is 3. The van der Waals surface area contributed by atoms with Gasteiger partial charge in [0, 0.05) is 6.07 Å². The Bertz CT molecular complexity index is 1070. The topological polar surface area (TPSA) is 67.9 Å². The molecule has 1 heterocycles. The zero-order valence-electron chi connectivity index (χ0n) is 15.4. The predicted octanol–water partition coefficient (Wildman–Crippen LogP) is 4.81. The molecule has 30 heavy (non-hydrogen) atoms. The summed E-state index contributed by atoms with van der Waals surface area (Å²) in [5, 5.41) is 1.95. The Balaban J connectivity index is 2.01. The van der Waals surface area contributed by atoms with Gasteiger partial charge < -0.3 is 14.8 Å². The molecule has 1 N–H and O–H groups in total. The van der Waals surface area contributed by atoms with Crippen LogP contribution in [0.25, 0.3) is 0 Å². The van der Waals surface area contributed by atoms with Crippen LogP contribution in [0.3, 0.4) is 0 Å². The van der Waals surface area contributed by atoms with Crippen molar-refractivity contribution in [1.29, 1.82) is 0 Å². The maximum atomic E-state index is 13.1. The van der Waals surface area contributed by atoms with Crippen molar-refractivity contribution in [1.82, 2.24) is 0 Å². The zero-order chi connectivity index (χ0) is 22.2. The lowest BCUT2D eigenvalue weighted by Gasteiger charge is -2.19. The van der Waals surface area contributed by atoms with Gasteiger partial charge in [0.15, 0.2) is 0 Å². The van der Waals surface area contributed by atoms with E-state index in [0.717, 1.165) is 12.1 Å². The number of rotatable bonds is 5. The molecule has 1 aliphatic rings. The monoisotopic (exact) mass is 460 g/mol. The minimum absolute atomic E-state index is 0.227. The van der Waals surface area contributed by atoms with Crippen LogP contribution in [-0.4, -0.2) is 26.0 Å². The van der Waals surface area contributed by atoms with Crippen LogP contribution in [0, 0.1) is 0 Å². The van der Waals surface area contributed by atoms with Crippen LogP contribution < -0.4 is 19.7 Å². The summed E-state index contributed by atoms with van der Waals surface area (Å²) in [7, 11) is 2.82. The van der Waals surface area contributed by atoms with Gasteiger partial charge >= 0.3 is 6.18 Å². The average molecular weight is 461 g/mol. The molecule has 2 amide bonds. The highest BCUT2D eigenvalue weighted by molar-refractivity contribution is 6.53. The SMILES string of the molecule is COc1ccc(OC)c(NC2=C(Cl)C(=O)N(c3cc(C(F)(F)F)ccc3Cl)C2=O)c1. The first-order chi connectivity index (χ1) is 14.1. The Hall–Kier alpha value is -2.91. The van der Waals surface area contributed by atoms with Crippen molar-refractivity contribution >= 4 is 46.4 Å². The van der Waals surface area contributed by atoms with Crippen LogP contribution in [0.1, 0.15) is 5.56 Å². The van der Waals surface area contributed by atoms with E-state index in [9.17, 15) is 22.8 Å². The van der Waals surface area contributed by atoms with E-state index in [0.29, 0.717) is 22.5 Å². The lowest BCUT2D eigenvalue weighted by atomic mass is 10.2. The molecule has 0 unspecified atom stereocenters. The first-order valence-corrected chi connectivity index (χ1v) is 8.98. The van der Waals surface area contributed by atoms with Crippen LogP contribution in [0.5, 0.6) is 11.5 Å². The number of hydrogen-bond donors (Lipinski definition) is 1. The molecule has 0 bridgehead atoms. The van der Waals surface area contributed by atoms with Crippen LogP contribution in [-0.2, 0) is 15.8 Å². The third kappa shape index (κ3) is 3.90. The molecule has 11 heteroatoms. The highest BCUT2D eigenvalue weighted by Crippen LogP contribution is 2.39. The zero-order valence-corrected chi connectivity index (χ0v) is 16.9. The Morgan fingerprint density at radius 3 is 2.27 bits per heavy atom. The second-order valence-electron chi connectivity index (χ2n) is 5.99. The molecule has 0 aromatic heterocycles. The fourth-order valence-electron chi connectivity index (χ4n) is 2.74. The predicted molar refractivity (Wildman–Crippen MR) is 105 cm³/mol. The number of imide groups is 1. The van der Waals surface area contributed by atoms with Gasteiger partial charge in [0.1, 0.15) is 22.2 Å². The molecule has 3 rings (SSSR count). The smallest absolute Gasteiger partial charge is 0.416 e. The van der Waals surface area contributed by atoms with Gasteiger partial charge in [-0.05, 0) is 30.3 Å². The second-order valence-corrected chi connectivity index (χ2v) is 6.78. The Kier molecular flexibility index (Phi) is 5.87. The minimum atomic E-state index is -4.70. The summed E-state index contributed by atoms with van der Waals surface area (Å²) in [5.41, 5.74) is -1.60. The summed E-state index contributed by atoms with van der Waals surface area (Å²) in [5.74, 6) is -1.27. The van der Waals surface area contributed by atoms with E-state index in [1.807, 2.05) is 0 Å². The van der Waals surface area contributed by atoms with E-state index in [-0.39, 0.29) is 16.4 Å². The van der Waals surface area contributed by atoms with E-state index in [1.54, 1.807) is 12.1 Å². The third-order valence-electron chi connectivity index (χ3n) is 4.21. The lowest BCUT2D eigenvalue weighted by Crippen LogP contribution is -2.32. The molecule has 0 atom stereocenters.